The number of rotatable bonds is 3. The number of anilines is 1. The topological polar surface area (TPSA) is 49.3 Å². The van der Waals surface area contributed by atoms with Gasteiger partial charge >= 0.3 is 5.97 Å². The summed E-state index contributed by atoms with van der Waals surface area (Å²) in [4.78, 5) is 10.4. The molecule has 0 saturated heterocycles. The van der Waals surface area contributed by atoms with E-state index in [1.54, 1.807) is 24.3 Å². The van der Waals surface area contributed by atoms with Gasteiger partial charge in [-0.25, -0.2) is 4.79 Å². The van der Waals surface area contributed by atoms with E-state index in [0.717, 1.165) is 12.2 Å². The first-order valence-corrected chi connectivity index (χ1v) is 3.81. The van der Waals surface area contributed by atoms with Crippen LogP contribution in [-0.4, -0.2) is 17.6 Å². The largest absolute Gasteiger partial charge is 0.478 e. The molecule has 0 saturated carbocycles. The smallest absolute Gasteiger partial charge is 0.335 e. The highest BCUT2D eigenvalue weighted by Crippen LogP contribution is 2.08. The number of hydrogen-bond acceptors (Lipinski definition) is 2. The van der Waals surface area contributed by atoms with Crippen LogP contribution in [0.4, 0.5) is 5.69 Å². The highest BCUT2D eigenvalue weighted by molar-refractivity contribution is 5.87. The van der Waals surface area contributed by atoms with E-state index in [0.29, 0.717) is 5.56 Å². The summed E-state index contributed by atoms with van der Waals surface area (Å²) in [6, 6.07) is 6.68. The molecule has 0 unspecified atom stereocenters. The lowest BCUT2D eigenvalue weighted by atomic mass is 10.2. The number of hydrogen-bond donors (Lipinski definition) is 2. The van der Waals surface area contributed by atoms with Crippen molar-refractivity contribution in [3.05, 3.63) is 29.8 Å². The fourth-order valence-corrected chi connectivity index (χ4v) is 0.935. The first-order chi connectivity index (χ1) is 5.74. The zero-order chi connectivity index (χ0) is 8.97. The Morgan fingerprint density at radius 2 is 1.92 bits per heavy atom. The lowest BCUT2D eigenvalue weighted by Crippen LogP contribution is -1.98. The summed E-state index contributed by atoms with van der Waals surface area (Å²) in [7, 11) is 0. The van der Waals surface area contributed by atoms with Crippen LogP contribution >= 0.6 is 12.4 Å². The minimum atomic E-state index is -0.891. The third-order valence-corrected chi connectivity index (χ3v) is 1.51. The van der Waals surface area contributed by atoms with Crippen molar-refractivity contribution in [2.24, 2.45) is 0 Å². The Balaban J connectivity index is 0.00000144. The second-order valence-corrected chi connectivity index (χ2v) is 2.41. The lowest BCUT2D eigenvalue weighted by Gasteiger charge is -2.01. The van der Waals surface area contributed by atoms with Crippen LogP contribution in [0.3, 0.4) is 0 Å². The average molecular weight is 202 g/mol. The van der Waals surface area contributed by atoms with Gasteiger partial charge in [-0.1, -0.05) is 0 Å². The van der Waals surface area contributed by atoms with Gasteiger partial charge < -0.3 is 10.4 Å². The molecule has 0 aliphatic carbocycles. The Morgan fingerprint density at radius 1 is 1.38 bits per heavy atom. The Morgan fingerprint density at radius 3 is 2.31 bits per heavy atom. The van der Waals surface area contributed by atoms with Gasteiger partial charge in [-0.15, -0.1) is 12.4 Å². The van der Waals surface area contributed by atoms with Crippen LogP contribution in [0, 0.1) is 0 Å². The molecule has 0 heterocycles. The Kier molecular flexibility index (Phi) is 4.92. The van der Waals surface area contributed by atoms with Crippen LogP contribution in [0.1, 0.15) is 17.3 Å². The van der Waals surface area contributed by atoms with E-state index in [2.05, 4.69) is 5.32 Å². The van der Waals surface area contributed by atoms with Crippen molar-refractivity contribution in [3.8, 4) is 0 Å². The van der Waals surface area contributed by atoms with Gasteiger partial charge in [-0.2, -0.15) is 0 Å². The molecule has 3 nitrogen and oxygen atoms in total. The summed E-state index contributed by atoms with van der Waals surface area (Å²) in [5.41, 5.74) is 1.26. The number of carbonyl (C=O) groups is 1. The first-order valence-electron chi connectivity index (χ1n) is 3.81. The third kappa shape index (κ3) is 3.34. The number of carboxylic acids is 1. The molecular formula is C9H12ClNO2. The van der Waals surface area contributed by atoms with Crippen molar-refractivity contribution in [1.82, 2.24) is 0 Å². The Labute approximate surface area is 83.2 Å². The molecule has 0 aliphatic heterocycles. The third-order valence-electron chi connectivity index (χ3n) is 1.51. The van der Waals surface area contributed by atoms with Crippen molar-refractivity contribution in [3.63, 3.8) is 0 Å². The van der Waals surface area contributed by atoms with Gasteiger partial charge in [0.25, 0.3) is 0 Å². The molecular weight excluding hydrogens is 190 g/mol. The molecule has 13 heavy (non-hydrogen) atoms. The number of halogens is 1. The highest BCUT2D eigenvalue weighted by Gasteiger charge is 1.99. The predicted octanol–water partition coefficient (Wildman–Crippen LogP) is 2.24. The molecule has 1 aromatic rings. The summed E-state index contributed by atoms with van der Waals surface area (Å²) in [5, 5.41) is 11.7. The van der Waals surface area contributed by atoms with Crippen molar-refractivity contribution >= 4 is 24.1 Å². The normalized spacial score (nSPS) is 8.69. The van der Waals surface area contributed by atoms with Gasteiger partial charge in [0.05, 0.1) is 5.56 Å². The molecule has 0 fully saturated rings. The van der Waals surface area contributed by atoms with Crippen LogP contribution in [0.15, 0.2) is 24.3 Å². The molecule has 1 rings (SSSR count). The summed E-state index contributed by atoms with van der Waals surface area (Å²) in [6.07, 6.45) is 0. The van der Waals surface area contributed by atoms with Gasteiger partial charge in [0.15, 0.2) is 0 Å². The van der Waals surface area contributed by atoms with Crippen LogP contribution in [0.2, 0.25) is 0 Å². The Bertz CT molecular complexity index is 271. The standard InChI is InChI=1S/C9H11NO2.ClH/c1-2-10-8-5-3-7(4-6-8)9(11)12;/h3-6,10H,2H2,1H3,(H,11,12);1H. The zero-order valence-corrected chi connectivity index (χ0v) is 8.10. The fraction of sp³-hybridized carbons (Fsp3) is 0.222. The van der Waals surface area contributed by atoms with E-state index >= 15 is 0 Å². The van der Waals surface area contributed by atoms with Gasteiger partial charge in [-0.05, 0) is 31.2 Å². The molecule has 0 atom stereocenters. The van der Waals surface area contributed by atoms with E-state index in [-0.39, 0.29) is 12.4 Å². The number of carboxylic acid groups (broad SMARTS) is 1. The lowest BCUT2D eigenvalue weighted by molar-refractivity contribution is 0.0697. The average Bonchev–Trinajstić information content (AvgIpc) is 2.06. The number of nitrogens with one attached hydrogen (secondary N) is 1. The molecule has 0 bridgehead atoms. The van der Waals surface area contributed by atoms with Gasteiger partial charge in [0, 0.05) is 12.2 Å². The second-order valence-electron chi connectivity index (χ2n) is 2.41. The summed E-state index contributed by atoms with van der Waals surface area (Å²) in [6.45, 7) is 2.83. The maximum Gasteiger partial charge on any atom is 0.335 e. The molecule has 0 radical (unpaired) electrons. The molecule has 0 amide bonds. The Hall–Kier alpha value is -1.22. The predicted molar refractivity (Wildman–Crippen MR) is 54.8 cm³/mol. The molecule has 72 valence electrons. The van der Waals surface area contributed by atoms with Crippen molar-refractivity contribution in [1.29, 1.82) is 0 Å². The summed E-state index contributed by atoms with van der Waals surface area (Å²) >= 11 is 0. The maximum absolute atomic E-state index is 10.4. The molecule has 1 aromatic carbocycles. The fourth-order valence-electron chi connectivity index (χ4n) is 0.935. The van der Waals surface area contributed by atoms with Gasteiger partial charge in [0.1, 0.15) is 0 Å². The van der Waals surface area contributed by atoms with Crippen molar-refractivity contribution < 1.29 is 9.90 Å². The number of benzene rings is 1. The highest BCUT2D eigenvalue weighted by atomic mass is 35.5. The molecule has 4 heteroatoms. The monoisotopic (exact) mass is 201 g/mol. The SMILES string of the molecule is CCNc1ccc(C(=O)O)cc1.Cl. The first kappa shape index (κ1) is 11.8. The van der Waals surface area contributed by atoms with Crippen molar-refractivity contribution in [2.75, 3.05) is 11.9 Å². The minimum absolute atomic E-state index is 0. The van der Waals surface area contributed by atoms with E-state index in [1.165, 1.54) is 0 Å². The van der Waals surface area contributed by atoms with Crippen LogP contribution in [0.5, 0.6) is 0 Å². The van der Waals surface area contributed by atoms with E-state index in [4.69, 9.17) is 5.11 Å². The minimum Gasteiger partial charge on any atom is -0.478 e. The maximum atomic E-state index is 10.4. The molecule has 0 aliphatic rings. The zero-order valence-electron chi connectivity index (χ0n) is 7.28. The number of aromatic carboxylic acids is 1. The van der Waals surface area contributed by atoms with E-state index < -0.39 is 5.97 Å². The van der Waals surface area contributed by atoms with Crippen LogP contribution in [-0.2, 0) is 0 Å². The van der Waals surface area contributed by atoms with Gasteiger partial charge in [-0.3, -0.25) is 0 Å². The van der Waals surface area contributed by atoms with E-state index in [1.807, 2.05) is 6.92 Å². The van der Waals surface area contributed by atoms with Gasteiger partial charge in [0.2, 0.25) is 0 Å². The van der Waals surface area contributed by atoms with E-state index in [9.17, 15) is 4.79 Å². The molecule has 2 N–H and O–H groups in total. The quantitative estimate of drug-likeness (QED) is 0.789. The summed E-state index contributed by atoms with van der Waals surface area (Å²) < 4.78 is 0. The molecule has 0 spiro atoms. The van der Waals surface area contributed by atoms with Crippen molar-refractivity contribution in [2.45, 2.75) is 6.92 Å². The van der Waals surface area contributed by atoms with Crippen LogP contribution in [0.25, 0.3) is 0 Å². The van der Waals surface area contributed by atoms with Crippen LogP contribution < -0.4 is 5.32 Å². The second kappa shape index (κ2) is 5.43. The summed E-state index contributed by atoms with van der Waals surface area (Å²) in [5.74, 6) is -0.891. The molecule has 0 aromatic heterocycles.